The number of rotatable bonds is 8. The van der Waals surface area contributed by atoms with Gasteiger partial charge in [0.25, 0.3) is 0 Å². The predicted octanol–water partition coefficient (Wildman–Crippen LogP) is 1.39. The minimum atomic E-state index is -0.401. The lowest BCUT2D eigenvalue weighted by Crippen LogP contribution is -2.23. The number of nitrogens with one attached hydrogen (secondary N) is 2. The lowest BCUT2D eigenvalue weighted by Gasteiger charge is -2.10. The van der Waals surface area contributed by atoms with Crippen LogP contribution in [0.5, 0.6) is 0 Å². The van der Waals surface area contributed by atoms with Gasteiger partial charge in [-0.2, -0.15) is 0 Å². The lowest BCUT2D eigenvalue weighted by molar-refractivity contribution is -0.115. The maximum absolute atomic E-state index is 12.2. The molecule has 1 aromatic carbocycles. The Hall–Kier alpha value is -3.20. The number of hydrogen-bond acceptors (Lipinski definition) is 7. The van der Waals surface area contributed by atoms with Gasteiger partial charge in [-0.1, -0.05) is 0 Å². The van der Waals surface area contributed by atoms with Crippen LogP contribution < -0.4 is 16.4 Å². The highest BCUT2D eigenvalue weighted by molar-refractivity contribution is 5.93. The summed E-state index contributed by atoms with van der Waals surface area (Å²) in [4.78, 5) is 34.2. The largest absolute Gasteiger partial charge is 0.419 e. The van der Waals surface area contributed by atoms with Crippen LogP contribution in [0.3, 0.4) is 0 Å². The molecule has 9 heteroatoms. The number of fused-ring (bicyclic) bond motifs is 1. The van der Waals surface area contributed by atoms with E-state index in [1.807, 2.05) is 19.0 Å². The van der Waals surface area contributed by atoms with Crippen molar-refractivity contribution in [2.75, 3.05) is 37.8 Å². The topological polar surface area (TPSA) is 105 Å². The summed E-state index contributed by atoms with van der Waals surface area (Å²) in [6.07, 6.45) is 3.52. The van der Waals surface area contributed by atoms with Crippen molar-refractivity contribution in [3.8, 4) is 0 Å². The van der Waals surface area contributed by atoms with E-state index in [-0.39, 0.29) is 12.3 Å². The molecule has 2 aromatic heterocycles. The van der Waals surface area contributed by atoms with Gasteiger partial charge in [-0.15, -0.1) is 0 Å². The van der Waals surface area contributed by atoms with E-state index >= 15 is 0 Å². The molecule has 1 amide bonds. The summed E-state index contributed by atoms with van der Waals surface area (Å²) >= 11 is 0. The summed E-state index contributed by atoms with van der Waals surface area (Å²) in [5.74, 6) is -0.0686. The monoisotopic (exact) mass is 370 g/mol. The van der Waals surface area contributed by atoms with Crippen LogP contribution >= 0.6 is 0 Å². The summed E-state index contributed by atoms with van der Waals surface area (Å²) in [7, 11) is 3.88. The van der Waals surface area contributed by atoms with Crippen LogP contribution in [0.4, 0.5) is 11.6 Å². The minimum Gasteiger partial charge on any atom is -0.408 e. The molecule has 0 spiro atoms. The van der Waals surface area contributed by atoms with E-state index in [0.717, 1.165) is 0 Å². The summed E-state index contributed by atoms with van der Waals surface area (Å²) in [5.41, 5.74) is 1.78. The molecule has 0 bridgehead atoms. The van der Waals surface area contributed by atoms with Crippen LogP contribution in [-0.4, -0.2) is 52.5 Å². The Bertz CT molecular complexity index is 964. The average Bonchev–Trinajstić information content (AvgIpc) is 2.95. The SMILES string of the molecule is CN(C)CCn1c(=O)oc2ccc(NC(=O)CCNc3ncccn3)cc21. The van der Waals surface area contributed by atoms with Crippen molar-refractivity contribution in [2.45, 2.75) is 13.0 Å². The fourth-order valence-corrected chi connectivity index (χ4v) is 2.55. The van der Waals surface area contributed by atoms with Crippen molar-refractivity contribution in [1.82, 2.24) is 19.4 Å². The number of aromatic nitrogens is 3. The van der Waals surface area contributed by atoms with Crippen LogP contribution in [0.25, 0.3) is 11.1 Å². The van der Waals surface area contributed by atoms with Crippen molar-refractivity contribution >= 4 is 28.6 Å². The molecule has 2 heterocycles. The van der Waals surface area contributed by atoms with Crippen LogP contribution in [0, 0.1) is 0 Å². The number of nitrogens with zero attached hydrogens (tertiary/aromatic N) is 4. The van der Waals surface area contributed by atoms with E-state index in [9.17, 15) is 9.59 Å². The van der Waals surface area contributed by atoms with Gasteiger partial charge in [-0.25, -0.2) is 14.8 Å². The van der Waals surface area contributed by atoms with Gasteiger partial charge in [0.2, 0.25) is 11.9 Å². The normalized spacial score (nSPS) is 11.1. The Morgan fingerprint density at radius 2 is 2.04 bits per heavy atom. The number of amides is 1. The van der Waals surface area contributed by atoms with Gasteiger partial charge in [0.05, 0.1) is 5.52 Å². The molecular weight excluding hydrogens is 348 g/mol. The van der Waals surface area contributed by atoms with Crippen molar-refractivity contribution < 1.29 is 9.21 Å². The van der Waals surface area contributed by atoms with Crippen LogP contribution in [0.2, 0.25) is 0 Å². The molecule has 3 aromatic rings. The highest BCUT2D eigenvalue weighted by Gasteiger charge is 2.11. The van der Waals surface area contributed by atoms with Crippen molar-refractivity contribution in [2.24, 2.45) is 0 Å². The first-order valence-corrected chi connectivity index (χ1v) is 8.62. The number of anilines is 2. The molecule has 0 radical (unpaired) electrons. The molecule has 0 aliphatic carbocycles. The fourth-order valence-electron chi connectivity index (χ4n) is 2.55. The molecule has 0 unspecified atom stereocenters. The van der Waals surface area contributed by atoms with Gasteiger partial charge in [0.15, 0.2) is 5.58 Å². The molecule has 9 nitrogen and oxygen atoms in total. The van der Waals surface area contributed by atoms with Gasteiger partial charge in [-0.05, 0) is 38.4 Å². The molecule has 0 saturated heterocycles. The molecule has 2 N–H and O–H groups in total. The van der Waals surface area contributed by atoms with E-state index in [1.54, 1.807) is 41.2 Å². The highest BCUT2D eigenvalue weighted by atomic mass is 16.4. The summed E-state index contributed by atoms with van der Waals surface area (Å²) in [5, 5.41) is 5.82. The van der Waals surface area contributed by atoms with Gasteiger partial charge in [0.1, 0.15) is 0 Å². The molecule has 0 aliphatic rings. The summed E-state index contributed by atoms with van der Waals surface area (Å²) < 4.78 is 6.83. The second-order valence-corrected chi connectivity index (χ2v) is 6.30. The first-order chi connectivity index (χ1) is 13.0. The second-order valence-electron chi connectivity index (χ2n) is 6.30. The number of benzene rings is 1. The number of carbonyl (C=O) groups excluding carboxylic acids is 1. The fraction of sp³-hybridized carbons (Fsp3) is 0.333. The summed E-state index contributed by atoms with van der Waals surface area (Å²) in [6.45, 7) is 1.63. The Balaban J connectivity index is 1.63. The first-order valence-electron chi connectivity index (χ1n) is 8.62. The maximum atomic E-state index is 12.2. The molecule has 142 valence electrons. The molecular formula is C18H22N6O3. The Labute approximate surface area is 156 Å². The highest BCUT2D eigenvalue weighted by Crippen LogP contribution is 2.18. The van der Waals surface area contributed by atoms with E-state index in [4.69, 9.17) is 4.42 Å². The first kappa shape index (κ1) is 18.6. The van der Waals surface area contributed by atoms with E-state index < -0.39 is 5.76 Å². The number of oxazole rings is 1. The lowest BCUT2D eigenvalue weighted by atomic mass is 10.2. The van der Waals surface area contributed by atoms with E-state index in [0.29, 0.717) is 42.4 Å². The number of likely N-dealkylation sites (N-methyl/N-ethyl adjacent to an activating group) is 1. The molecule has 27 heavy (non-hydrogen) atoms. The maximum Gasteiger partial charge on any atom is 0.419 e. The van der Waals surface area contributed by atoms with E-state index in [1.165, 1.54) is 0 Å². The van der Waals surface area contributed by atoms with Crippen molar-refractivity contribution in [1.29, 1.82) is 0 Å². The Morgan fingerprint density at radius 3 is 2.78 bits per heavy atom. The average molecular weight is 370 g/mol. The van der Waals surface area contributed by atoms with E-state index in [2.05, 4.69) is 20.6 Å². The molecule has 0 fully saturated rings. The van der Waals surface area contributed by atoms with Crippen LogP contribution in [-0.2, 0) is 11.3 Å². The third-order valence-electron chi connectivity index (χ3n) is 3.92. The zero-order chi connectivity index (χ0) is 19.2. The van der Waals surface area contributed by atoms with Gasteiger partial charge < -0.3 is 20.0 Å². The molecule has 0 atom stereocenters. The predicted molar refractivity (Wildman–Crippen MR) is 103 cm³/mol. The zero-order valence-electron chi connectivity index (χ0n) is 15.3. The standard InChI is InChI=1S/C18H22N6O3/c1-23(2)10-11-24-14-12-13(4-5-15(14)27-18(24)26)22-16(25)6-9-21-17-19-7-3-8-20-17/h3-5,7-8,12H,6,9-11H2,1-2H3,(H,22,25)(H,19,20,21). The van der Waals surface area contributed by atoms with Gasteiger partial charge >= 0.3 is 5.76 Å². The second kappa shape index (κ2) is 8.45. The third-order valence-corrected chi connectivity index (χ3v) is 3.92. The molecule has 0 aliphatic heterocycles. The number of carbonyl (C=O) groups is 1. The molecule has 3 rings (SSSR count). The van der Waals surface area contributed by atoms with Gasteiger partial charge in [-0.3, -0.25) is 9.36 Å². The minimum absolute atomic E-state index is 0.150. The zero-order valence-corrected chi connectivity index (χ0v) is 15.3. The Morgan fingerprint density at radius 1 is 1.26 bits per heavy atom. The molecule has 0 saturated carbocycles. The van der Waals surface area contributed by atoms with Crippen molar-refractivity contribution in [3.05, 3.63) is 47.2 Å². The summed E-state index contributed by atoms with van der Waals surface area (Å²) in [6, 6.07) is 6.88. The van der Waals surface area contributed by atoms with Crippen molar-refractivity contribution in [3.63, 3.8) is 0 Å². The Kier molecular flexibility index (Phi) is 5.82. The van der Waals surface area contributed by atoms with Crippen LogP contribution in [0.15, 0.2) is 45.9 Å². The van der Waals surface area contributed by atoms with Gasteiger partial charge in [0, 0.05) is 44.1 Å². The number of hydrogen-bond donors (Lipinski definition) is 2. The van der Waals surface area contributed by atoms with Crippen LogP contribution in [0.1, 0.15) is 6.42 Å². The third kappa shape index (κ3) is 4.91. The quantitative estimate of drug-likeness (QED) is 0.617. The smallest absolute Gasteiger partial charge is 0.408 e.